The van der Waals surface area contributed by atoms with Gasteiger partial charge in [0.25, 0.3) is 0 Å². The first-order valence-electron chi connectivity index (χ1n) is 26.6. The second-order valence-corrected chi connectivity index (χ2v) is 17.0. The molecule has 0 rings (SSSR count). The molecule has 66 heavy (non-hydrogen) atoms. The SMILES string of the molecule is CC\C=C/C=C\C=C/CCCCCCCCCC(=O)OC(COC(=O)CCCCCC/C=C\C/C=C\C/C=C\CC)COC(=O)CCCCCCCC/C=C\C/C=C\C/C=C\C/C=C\CC. The van der Waals surface area contributed by atoms with Crippen LogP contribution in [0.15, 0.2) is 122 Å². The monoisotopic (exact) mass is 913 g/mol. The number of ether oxygens (including phenoxy) is 3. The van der Waals surface area contributed by atoms with Crippen LogP contribution in [0.25, 0.3) is 0 Å². The van der Waals surface area contributed by atoms with Gasteiger partial charge in [-0.2, -0.15) is 0 Å². The van der Waals surface area contributed by atoms with Gasteiger partial charge in [0.15, 0.2) is 6.10 Å². The molecule has 0 aromatic heterocycles. The highest BCUT2D eigenvalue weighted by atomic mass is 16.6. The van der Waals surface area contributed by atoms with Gasteiger partial charge in [0.1, 0.15) is 13.2 Å². The van der Waals surface area contributed by atoms with Crippen LogP contribution in [0.4, 0.5) is 0 Å². The molecule has 0 heterocycles. The zero-order chi connectivity index (χ0) is 47.9. The Hall–Kier alpha value is -4.19. The smallest absolute Gasteiger partial charge is 0.306 e. The Balaban J connectivity index is 4.47. The third-order valence-corrected chi connectivity index (χ3v) is 10.8. The molecule has 0 radical (unpaired) electrons. The van der Waals surface area contributed by atoms with E-state index in [0.29, 0.717) is 19.3 Å². The summed E-state index contributed by atoms with van der Waals surface area (Å²) in [5.74, 6) is -0.955. The van der Waals surface area contributed by atoms with Crippen LogP contribution in [0, 0.1) is 0 Å². The number of carbonyl (C=O) groups is 3. The predicted octanol–water partition coefficient (Wildman–Crippen LogP) is 17.7. The Bertz CT molecular complexity index is 1420. The van der Waals surface area contributed by atoms with Gasteiger partial charge in [-0.1, -0.05) is 213 Å². The first-order valence-corrected chi connectivity index (χ1v) is 26.6. The number of esters is 3. The maximum atomic E-state index is 12.8. The van der Waals surface area contributed by atoms with Gasteiger partial charge in [-0.15, -0.1) is 0 Å². The van der Waals surface area contributed by atoms with E-state index in [9.17, 15) is 14.4 Å². The van der Waals surface area contributed by atoms with Crippen LogP contribution in [-0.4, -0.2) is 37.2 Å². The molecule has 372 valence electrons. The van der Waals surface area contributed by atoms with Crippen molar-refractivity contribution in [3.05, 3.63) is 122 Å². The number of carbonyl (C=O) groups excluding carboxylic acids is 3. The summed E-state index contributed by atoms with van der Waals surface area (Å²) >= 11 is 0. The highest BCUT2D eigenvalue weighted by molar-refractivity contribution is 5.71. The highest BCUT2D eigenvalue weighted by Crippen LogP contribution is 2.14. The molecule has 6 heteroatoms. The Morgan fingerprint density at radius 2 is 0.621 bits per heavy atom. The summed E-state index contributed by atoms with van der Waals surface area (Å²) in [5, 5.41) is 0. The Morgan fingerprint density at radius 1 is 0.318 bits per heavy atom. The van der Waals surface area contributed by atoms with Crippen LogP contribution >= 0.6 is 0 Å². The Morgan fingerprint density at radius 3 is 1.02 bits per heavy atom. The minimum absolute atomic E-state index is 0.101. The van der Waals surface area contributed by atoms with Crippen LogP contribution < -0.4 is 0 Å². The van der Waals surface area contributed by atoms with Crippen LogP contribution in [0.2, 0.25) is 0 Å². The van der Waals surface area contributed by atoms with Crippen molar-refractivity contribution < 1.29 is 28.6 Å². The third-order valence-electron chi connectivity index (χ3n) is 10.8. The lowest BCUT2D eigenvalue weighted by atomic mass is 10.1. The molecule has 0 amide bonds. The fourth-order valence-electron chi connectivity index (χ4n) is 6.86. The van der Waals surface area contributed by atoms with Crippen LogP contribution in [0.5, 0.6) is 0 Å². The van der Waals surface area contributed by atoms with Gasteiger partial charge in [0.05, 0.1) is 0 Å². The number of hydrogen-bond donors (Lipinski definition) is 0. The summed E-state index contributed by atoms with van der Waals surface area (Å²) in [4.78, 5) is 38.1. The highest BCUT2D eigenvalue weighted by Gasteiger charge is 2.19. The van der Waals surface area contributed by atoms with E-state index < -0.39 is 6.10 Å². The molecule has 0 aliphatic carbocycles. The molecule has 1 atom stereocenters. The molecule has 0 aliphatic heterocycles. The molecule has 0 fully saturated rings. The van der Waals surface area contributed by atoms with E-state index in [1.54, 1.807) is 0 Å². The molecule has 0 aromatic carbocycles. The largest absolute Gasteiger partial charge is 0.462 e. The Labute approximate surface area is 405 Å². The zero-order valence-corrected chi connectivity index (χ0v) is 42.4. The van der Waals surface area contributed by atoms with Gasteiger partial charge in [0.2, 0.25) is 0 Å². The van der Waals surface area contributed by atoms with E-state index in [1.165, 1.54) is 32.1 Å². The quantitative estimate of drug-likeness (QED) is 0.0199. The average molecular weight is 913 g/mol. The molecule has 0 bridgehead atoms. The summed E-state index contributed by atoms with van der Waals surface area (Å²) in [6, 6.07) is 0. The summed E-state index contributed by atoms with van der Waals surface area (Å²) in [6.07, 6.45) is 73.2. The fourth-order valence-corrected chi connectivity index (χ4v) is 6.86. The molecule has 0 spiro atoms. The van der Waals surface area contributed by atoms with Gasteiger partial charge in [-0.3, -0.25) is 14.4 Å². The van der Waals surface area contributed by atoms with Crippen LogP contribution in [0.3, 0.4) is 0 Å². The molecule has 0 aliphatic rings. The number of allylic oxidation sites excluding steroid dienone is 20. The topological polar surface area (TPSA) is 78.9 Å². The molecule has 0 saturated heterocycles. The van der Waals surface area contributed by atoms with Gasteiger partial charge in [-0.25, -0.2) is 0 Å². The van der Waals surface area contributed by atoms with Crippen molar-refractivity contribution in [2.75, 3.05) is 13.2 Å². The molecule has 1 unspecified atom stereocenters. The van der Waals surface area contributed by atoms with E-state index in [0.717, 1.165) is 148 Å². The first kappa shape index (κ1) is 61.8. The predicted molar refractivity (Wildman–Crippen MR) is 283 cm³/mol. The lowest BCUT2D eigenvalue weighted by Crippen LogP contribution is -2.30. The lowest BCUT2D eigenvalue weighted by molar-refractivity contribution is -0.167. The molecule has 0 aromatic rings. The average Bonchev–Trinajstić information content (AvgIpc) is 3.31. The minimum atomic E-state index is -0.803. The Kier molecular flexibility index (Phi) is 50.0. The van der Waals surface area contributed by atoms with Crippen molar-refractivity contribution in [1.82, 2.24) is 0 Å². The van der Waals surface area contributed by atoms with Gasteiger partial charge in [0, 0.05) is 19.3 Å². The number of rotatable bonds is 46. The van der Waals surface area contributed by atoms with E-state index >= 15 is 0 Å². The summed E-state index contributed by atoms with van der Waals surface area (Å²) < 4.78 is 16.8. The van der Waals surface area contributed by atoms with E-state index in [4.69, 9.17) is 14.2 Å². The summed E-state index contributed by atoms with van der Waals surface area (Å²) in [5.41, 5.74) is 0. The van der Waals surface area contributed by atoms with Crippen molar-refractivity contribution in [1.29, 1.82) is 0 Å². The van der Waals surface area contributed by atoms with Crippen molar-refractivity contribution in [2.45, 2.75) is 226 Å². The lowest BCUT2D eigenvalue weighted by Gasteiger charge is -2.18. The maximum absolute atomic E-state index is 12.8. The normalized spacial score (nSPS) is 13.1. The van der Waals surface area contributed by atoms with Crippen molar-refractivity contribution in [2.24, 2.45) is 0 Å². The molecule has 6 nitrogen and oxygen atoms in total. The van der Waals surface area contributed by atoms with Crippen LogP contribution in [-0.2, 0) is 28.6 Å². The van der Waals surface area contributed by atoms with E-state index in [1.807, 2.05) is 0 Å². The fraction of sp³-hybridized carbons (Fsp3) is 0.617. The van der Waals surface area contributed by atoms with Gasteiger partial charge >= 0.3 is 17.9 Å². The van der Waals surface area contributed by atoms with Gasteiger partial charge in [-0.05, 0) is 109 Å². The van der Waals surface area contributed by atoms with E-state index in [-0.39, 0.29) is 31.1 Å². The second-order valence-electron chi connectivity index (χ2n) is 17.0. The minimum Gasteiger partial charge on any atom is -0.462 e. The van der Waals surface area contributed by atoms with Gasteiger partial charge < -0.3 is 14.2 Å². The third kappa shape index (κ3) is 50.8. The molecular weight excluding hydrogens is 817 g/mol. The number of hydrogen-bond acceptors (Lipinski definition) is 6. The first-order chi connectivity index (χ1) is 32.5. The zero-order valence-electron chi connectivity index (χ0n) is 42.4. The molecular formula is C60H96O6. The number of unbranched alkanes of at least 4 members (excludes halogenated alkanes) is 17. The van der Waals surface area contributed by atoms with Crippen molar-refractivity contribution in [3.8, 4) is 0 Å². The summed E-state index contributed by atoms with van der Waals surface area (Å²) in [7, 11) is 0. The summed E-state index contributed by atoms with van der Waals surface area (Å²) in [6.45, 7) is 6.23. The van der Waals surface area contributed by atoms with Crippen molar-refractivity contribution >= 4 is 17.9 Å². The second kappa shape index (κ2) is 53.4. The van der Waals surface area contributed by atoms with Crippen LogP contribution in [0.1, 0.15) is 220 Å². The molecule has 0 N–H and O–H groups in total. The van der Waals surface area contributed by atoms with Crippen molar-refractivity contribution in [3.63, 3.8) is 0 Å². The molecule has 0 saturated carbocycles. The maximum Gasteiger partial charge on any atom is 0.306 e. The standard InChI is InChI=1S/C60H96O6/c1-4-7-10-13-16-19-22-25-28-29-30-31-33-35-38-41-44-47-50-53-59(62)65-56-57(55-64-58(61)52-49-46-43-40-37-34-27-24-21-18-15-12-9-6-3)66-60(63)54-51-48-45-42-39-36-32-26-23-20-17-14-11-8-5-2/h7-12,14,16-21,23,25,27-28,30-31,34,57H,4-6,13,15,22,24,26,29,32-33,35-56H2,1-3H3/b10-7-,11-8-,12-9-,17-14-,19-16-,21-18-,23-20-,28-25-,31-30-,34-27-. The van der Waals surface area contributed by atoms with E-state index in [2.05, 4.69) is 142 Å².